The van der Waals surface area contributed by atoms with Crippen LogP contribution in [-0.2, 0) is 9.59 Å². The van der Waals surface area contributed by atoms with Crippen LogP contribution in [0.1, 0.15) is 51.9 Å². The predicted molar refractivity (Wildman–Crippen MR) is 86.7 cm³/mol. The minimum atomic E-state index is -0.319. The second-order valence-electron chi connectivity index (χ2n) is 4.77. The van der Waals surface area contributed by atoms with E-state index in [2.05, 4.69) is 12.2 Å². The van der Waals surface area contributed by atoms with Crippen LogP contribution < -0.4 is 11.1 Å². The van der Waals surface area contributed by atoms with E-state index >= 15 is 0 Å². The molecule has 0 fully saturated rings. The summed E-state index contributed by atoms with van der Waals surface area (Å²) < 4.78 is 0. The summed E-state index contributed by atoms with van der Waals surface area (Å²) in [4.78, 5) is 21.9. The Morgan fingerprint density at radius 2 is 1.85 bits per heavy atom. The number of amides is 2. The quantitative estimate of drug-likeness (QED) is 0.406. The van der Waals surface area contributed by atoms with Gasteiger partial charge in [-0.05, 0) is 18.9 Å². The molecule has 2 amide bonds. The molecule has 0 aromatic heterocycles. The van der Waals surface area contributed by atoms with Crippen molar-refractivity contribution in [3.05, 3.63) is 12.2 Å². The zero-order valence-corrected chi connectivity index (χ0v) is 13.3. The number of carbonyl (C=O) groups excluding carboxylic acids is 2. The van der Waals surface area contributed by atoms with Crippen LogP contribution in [0.3, 0.4) is 0 Å². The van der Waals surface area contributed by atoms with Gasteiger partial charge in [-0.1, -0.05) is 45.1 Å². The summed E-state index contributed by atoms with van der Waals surface area (Å²) in [6.45, 7) is 2.78. The van der Waals surface area contributed by atoms with Gasteiger partial charge in [0.2, 0.25) is 11.8 Å². The maximum absolute atomic E-state index is 11.4. The highest BCUT2D eigenvalue weighted by Crippen LogP contribution is 2.07. The molecular weight excluding hydrogens is 272 g/mol. The summed E-state index contributed by atoms with van der Waals surface area (Å²) in [7, 11) is 0. The maximum atomic E-state index is 11.4. The molecule has 0 heterocycles. The molecule has 116 valence electrons. The molecule has 0 saturated carbocycles. The average molecular weight is 300 g/mol. The van der Waals surface area contributed by atoms with Crippen LogP contribution in [0, 0.1) is 0 Å². The number of nitrogens with two attached hydrogens (primary N) is 1. The lowest BCUT2D eigenvalue weighted by molar-refractivity contribution is -0.116. The minimum absolute atomic E-state index is 0.0596. The van der Waals surface area contributed by atoms with E-state index in [9.17, 15) is 9.59 Å². The van der Waals surface area contributed by atoms with E-state index < -0.39 is 0 Å². The third-order valence-corrected chi connectivity index (χ3v) is 3.76. The Morgan fingerprint density at radius 3 is 2.55 bits per heavy atom. The first-order valence-electron chi connectivity index (χ1n) is 7.47. The van der Waals surface area contributed by atoms with Crippen LogP contribution in [0.25, 0.3) is 0 Å². The van der Waals surface area contributed by atoms with Gasteiger partial charge in [-0.3, -0.25) is 9.59 Å². The Bertz CT molecular complexity index is 294. The zero-order valence-electron chi connectivity index (χ0n) is 12.5. The fourth-order valence-electron chi connectivity index (χ4n) is 1.71. The van der Waals surface area contributed by atoms with Crippen molar-refractivity contribution in [3.63, 3.8) is 0 Å². The standard InChI is InChI=1S/C15H28N2O2S/c1-2-3-4-5-6-7-8-9-10-15(19)17-11-12-20-13-14(16)18/h9-10H,2-8,11-13H2,1H3,(H2,16,18)(H,17,19). The summed E-state index contributed by atoms with van der Waals surface area (Å²) in [5.41, 5.74) is 5.01. The van der Waals surface area contributed by atoms with E-state index in [1.165, 1.54) is 43.9 Å². The molecule has 0 aromatic rings. The van der Waals surface area contributed by atoms with Crippen molar-refractivity contribution < 1.29 is 9.59 Å². The third kappa shape index (κ3) is 15.1. The summed E-state index contributed by atoms with van der Waals surface area (Å²) in [5.74, 6) is 0.639. The zero-order chi connectivity index (χ0) is 15.1. The number of primary amides is 1. The Morgan fingerprint density at radius 1 is 1.15 bits per heavy atom. The normalized spacial score (nSPS) is 10.8. The SMILES string of the molecule is CCCCCCCCC=CC(=O)NCCSCC(N)=O. The number of thioether (sulfide) groups is 1. The van der Waals surface area contributed by atoms with Crippen molar-refractivity contribution in [1.29, 1.82) is 0 Å². The lowest BCUT2D eigenvalue weighted by Crippen LogP contribution is -2.24. The first kappa shape index (κ1) is 19.0. The molecule has 0 saturated heterocycles. The second-order valence-corrected chi connectivity index (χ2v) is 5.87. The van der Waals surface area contributed by atoms with Gasteiger partial charge in [-0.2, -0.15) is 11.8 Å². The van der Waals surface area contributed by atoms with Gasteiger partial charge in [0.15, 0.2) is 0 Å². The summed E-state index contributed by atoms with van der Waals surface area (Å²) in [5, 5.41) is 2.78. The fourth-order valence-corrected chi connectivity index (χ4v) is 2.30. The number of hydrogen-bond acceptors (Lipinski definition) is 3. The largest absolute Gasteiger partial charge is 0.369 e. The molecule has 0 unspecified atom stereocenters. The summed E-state index contributed by atoms with van der Waals surface area (Å²) in [6.07, 6.45) is 12.1. The van der Waals surface area contributed by atoms with Gasteiger partial charge >= 0.3 is 0 Å². The molecule has 5 heteroatoms. The molecule has 4 nitrogen and oxygen atoms in total. The van der Waals surface area contributed by atoms with Gasteiger partial charge in [0.05, 0.1) is 5.75 Å². The number of nitrogens with one attached hydrogen (secondary N) is 1. The Kier molecular flexibility index (Phi) is 13.7. The Balaban J connectivity index is 3.33. The predicted octanol–water partition coefficient (Wildman–Crippen LogP) is 2.63. The molecule has 0 rings (SSSR count). The molecule has 0 spiro atoms. The highest BCUT2D eigenvalue weighted by molar-refractivity contribution is 7.99. The lowest BCUT2D eigenvalue weighted by atomic mass is 10.1. The molecule has 0 aliphatic carbocycles. The number of rotatable bonds is 13. The van der Waals surface area contributed by atoms with Gasteiger partial charge < -0.3 is 11.1 Å². The van der Waals surface area contributed by atoms with E-state index in [1.807, 2.05) is 6.08 Å². The number of hydrogen-bond donors (Lipinski definition) is 2. The van der Waals surface area contributed by atoms with E-state index in [1.54, 1.807) is 6.08 Å². The van der Waals surface area contributed by atoms with Crippen LogP contribution in [0.15, 0.2) is 12.2 Å². The van der Waals surface area contributed by atoms with Crippen LogP contribution in [0.5, 0.6) is 0 Å². The first-order chi connectivity index (χ1) is 9.66. The van der Waals surface area contributed by atoms with Crippen molar-refractivity contribution in [1.82, 2.24) is 5.32 Å². The molecule has 0 atom stereocenters. The number of allylic oxidation sites excluding steroid dienone is 1. The van der Waals surface area contributed by atoms with Gasteiger partial charge in [-0.25, -0.2) is 0 Å². The second kappa shape index (κ2) is 14.4. The van der Waals surface area contributed by atoms with E-state index in [4.69, 9.17) is 5.73 Å². The fraction of sp³-hybridized carbons (Fsp3) is 0.733. The number of unbranched alkanes of at least 4 members (excludes halogenated alkanes) is 6. The van der Waals surface area contributed by atoms with E-state index in [-0.39, 0.29) is 11.8 Å². The van der Waals surface area contributed by atoms with Crippen LogP contribution in [0.4, 0.5) is 0 Å². The first-order valence-corrected chi connectivity index (χ1v) is 8.62. The summed E-state index contributed by atoms with van der Waals surface area (Å²) >= 11 is 1.43. The smallest absolute Gasteiger partial charge is 0.243 e. The average Bonchev–Trinajstić information content (AvgIpc) is 2.41. The van der Waals surface area contributed by atoms with Crippen molar-refractivity contribution in [2.75, 3.05) is 18.1 Å². The number of carbonyl (C=O) groups is 2. The molecule has 20 heavy (non-hydrogen) atoms. The van der Waals surface area contributed by atoms with E-state index in [0.717, 1.165) is 12.8 Å². The highest BCUT2D eigenvalue weighted by atomic mass is 32.2. The monoisotopic (exact) mass is 300 g/mol. The molecule has 0 aliphatic rings. The van der Waals surface area contributed by atoms with Crippen molar-refractivity contribution in [3.8, 4) is 0 Å². The molecule has 0 aromatic carbocycles. The highest BCUT2D eigenvalue weighted by Gasteiger charge is 1.96. The lowest BCUT2D eigenvalue weighted by Gasteiger charge is -2.01. The van der Waals surface area contributed by atoms with Crippen LogP contribution in [-0.4, -0.2) is 29.9 Å². The van der Waals surface area contributed by atoms with Crippen molar-refractivity contribution >= 4 is 23.6 Å². The third-order valence-electron chi connectivity index (χ3n) is 2.78. The Labute approximate surface area is 126 Å². The van der Waals surface area contributed by atoms with Gasteiger partial charge in [-0.15, -0.1) is 0 Å². The van der Waals surface area contributed by atoms with Crippen LogP contribution in [0.2, 0.25) is 0 Å². The van der Waals surface area contributed by atoms with Crippen molar-refractivity contribution in [2.24, 2.45) is 5.73 Å². The topological polar surface area (TPSA) is 72.2 Å². The van der Waals surface area contributed by atoms with E-state index in [0.29, 0.717) is 18.1 Å². The van der Waals surface area contributed by atoms with Gasteiger partial charge in [0.25, 0.3) is 0 Å². The molecule has 3 N–H and O–H groups in total. The molecule has 0 bridgehead atoms. The summed E-state index contributed by atoms with van der Waals surface area (Å²) in [6, 6.07) is 0. The van der Waals surface area contributed by atoms with Crippen LogP contribution >= 0.6 is 11.8 Å². The Hall–Kier alpha value is -0.970. The van der Waals surface area contributed by atoms with Gasteiger partial charge in [0.1, 0.15) is 0 Å². The minimum Gasteiger partial charge on any atom is -0.369 e. The van der Waals surface area contributed by atoms with Crippen molar-refractivity contribution in [2.45, 2.75) is 51.9 Å². The molecule has 0 aliphatic heterocycles. The molecule has 0 radical (unpaired) electrons. The van der Waals surface area contributed by atoms with Gasteiger partial charge in [0, 0.05) is 12.3 Å². The molecular formula is C15H28N2O2S. The maximum Gasteiger partial charge on any atom is 0.243 e.